The van der Waals surface area contributed by atoms with E-state index in [0.29, 0.717) is 0 Å². The van der Waals surface area contributed by atoms with Gasteiger partial charge in [-0.15, -0.1) is 0 Å². The fraction of sp³-hybridized carbons (Fsp3) is 0.385. The maximum absolute atomic E-state index is 10.2. The van der Waals surface area contributed by atoms with E-state index >= 15 is 0 Å². The van der Waals surface area contributed by atoms with Crippen molar-refractivity contribution in [3.8, 4) is 0 Å². The molecule has 1 aromatic rings. The van der Waals surface area contributed by atoms with Crippen molar-refractivity contribution in [3.05, 3.63) is 42.5 Å². The molecule has 1 nitrogen and oxygen atoms in total. The van der Waals surface area contributed by atoms with Gasteiger partial charge >= 0.3 is 0 Å². The van der Waals surface area contributed by atoms with Gasteiger partial charge in [-0.25, -0.2) is 0 Å². The summed E-state index contributed by atoms with van der Waals surface area (Å²) in [6.45, 7) is 6.43. The van der Waals surface area contributed by atoms with Crippen LogP contribution in [0.2, 0.25) is 13.1 Å². The van der Waals surface area contributed by atoms with Crippen LogP contribution >= 0.6 is 0 Å². The highest BCUT2D eigenvalue weighted by atomic mass is 28.3. The molecule has 0 spiro atoms. The van der Waals surface area contributed by atoms with Crippen LogP contribution in [-0.2, 0) is 0 Å². The minimum absolute atomic E-state index is 0.198. The predicted molar refractivity (Wildman–Crippen MR) is 69.0 cm³/mol. The molecule has 0 saturated heterocycles. The first kappa shape index (κ1) is 12.2. The molecule has 0 aliphatic heterocycles. The lowest BCUT2D eigenvalue weighted by Gasteiger charge is -2.28. The van der Waals surface area contributed by atoms with E-state index in [1.54, 1.807) is 0 Å². The van der Waals surface area contributed by atoms with Gasteiger partial charge in [0.2, 0.25) is 0 Å². The Balaban J connectivity index is 2.82. The second kappa shape index (κ2) is 5.28. The number of hydrogen-bond acceptors (Lipinski definition) is 1. The van der Waals surface area contributed by atoms with E-state index in [1.807, 2.05) is 37.3 Å². The molecule has 0 fully saturated rings. The van der Waals surface area contributed by atoms with E-state index in [4.69, 9.17) is 0 Å². The van der Waals surface area contributed by atoms with Crippen molar-refractivity contribution in [1.82, 2.24) is 0 Å². The molecule has 1 aromatic carbocycles. The van der Waals surface area contributed by atoms with Crippen LogP contribution in [-0.4, -0.2) is 18.9 Å². The lowest BCUT2D eigenvalue weighted by Crippen LogP contribution is -2.52. The average molecular weight is 220 g/mol. The largest absolute Gasteiger partial charge is 0.396 e. The van der Waals surface area contributed by atoms with Crippen molar-refractivity contribution in [1.29, 1.82) is 0 Å². The molecule has 0 aliphatic carbocycles. The Hall–Kier alpha value is -0.863. The van der Waals surface area contributed by atoms with Crippen LogP contribution in [0.4, 0.5) is 0 Å². The van der Waals surface area contributed by atoms with Crippen molar-refractivity contribution >= 4 is 13.3 Å². The highest BCUT2D eigenvalue weighted by Gasteiger charge is 2.31. The van der Waals surface area contributed by atoms with Gasteiger partial charge in [0.05, 0.1) is 5.73 Å². The first-order valence-electron chi connectivity index (χ1n) is 5.43. The highest BCUT2D eigenvalue weighted by Crippen LogP contribution is 2.12. The first-order valence-corrected chi connectivity index (χ1v) is 8.51. The van der Waals surface area contributed by atoms with Crippen molar-refractivity contribution in [2.24, 2.45) is 0 Å². The Morgan fingerprint density at radius 2 is 1.87 bits per heavy atom. The van der Waals surface area contributed by atoms with Crippen molar-refractivity contribution in [2.45, 2.75) is 32.2 Å². The van der Waals surface area contributed by atoms with Gasteiger partial charge in [0, 0.05) is 0 Å². The van der Waals surface area contributed by atoms with E-state index in [1.165, 1.54) is 5.19 Å². The highest BCUT2D eigenvalue weighted by molar-refractivity contribution is 6.90. The lowest BCUT2D eigenvalue weighted by atomic mass is 10.4. The molecule has 1 atom stereocenters. The smallest absolute Gasteiger partial charge is 0.113 e. The van der Waals surface area contributed by atoms with Gasteiger partial charge in [-0.2, -0.15) is 0 Å². The van der Waals surface area contributed by atoms with E-state index in [2.05, 4.69) is 25.2 Å². The second-order valence-electron chi connectivity index (χ2n) is 4.41. The SMILES string of the molecule is CC=CCC(O)[Si](C)(C)c1ccccc1. The van der Waals surface area contributed by atoms with Crippen LogP contribution in [0, 0.1) is 0 Å². The molecule has 1 unspecified atom stereocenters. The second-order valence-corrected chi connectivity index (χ2v) is 9.10. The third kappa shape index (κ3) is 3.04. The molecule has 0 bridgehead atoms. The van der Waals surface area contributed by atoms with Crippen LogP contribution in [0.3, 0.4) is 0 Å². The molecule has 1 rings (SSSR count). The third-order valence-electron chi connectivity index (χ3n) is 2.95. The van der Waals surface area contributed by atoms with Gasteiger partial charge in [0.15, 0.2) is 0 Å². The quantitative estimate of drug-likeness (QED) is 0.610. The standard InChI is InChI=1S/C13H20OSi/c1-4-5-11-13(14)15(2,3)12-9-7-6-8-10-12/h4-10,13-14H,11H2,1-3H3. The Kier molecular flexibility index (Phi) is 4.30. The number of rotatable bonds is 4. The van der Waals surface area contributed by atoms with Gasteiger partial charge in [-0.3, -0.25) is 0 Å². The van der Waals surface area contributed by atoms with Crippen LogP contribution < -0.4 is 5.19 Å². The normalized spacial score (nSPS) is 14.4. The fourth-order valence-corrected chi connectivity index (χ4v) is 3.78. The topological polar surface area (TPSA) is 20.2 Å². The van der Waals surface area contributed by atoms with Crippen LogP contribution in [0.5, 0.6) is 0 Å². The summed E-state index contributed by atoms with van der Waals surface area (Å²) >= 11 is 0. The molecular weight excluding hydrogens is 200 g/mol. The Morgan fingerprint density at radius 3 is 2.40 bits per heavy atom. The maximum atomic E-state index is 10.2. The van der Waals surface area contributed by atoms with E-state index in [9.17, 15) is 5.11 Å². The molecule has 82 valence electrons. The summed E-state index contributed by atoms with van der Waals surface area (Å²) in [5.74, 6) is 0. The Labute approximate surface area is 93.5 Å². The molecule has 0 amide bonds. The minimum Gasteiger partial charge on any atom is -0.396 e. The van der Waals surface area contributed by atoms with Crippen molar-refractivity contribution in [2.75, 3.05) is 0 Å². The molecule has 0 aliphatic rings. The summed E-state index contributed by atoms with van der Waals surface area (Å²) in [6.07, 6.45) is 4.81. The summed E-state index contributed by atoms with van der Waals surface area (Å²) in [5.41, 5.74) is -0.198. The van der Waals surface area contributed by atoms with Gasteiger partial charge in [0.25, 0.3) is 0 Å². The van der Waals surface area contributed by atoms with Gasteiger partial charge in [0.1, 0.15) is 8.07 Å². The van der Waals surface area contributed by atoms with Crippen molar-refractivity contribution in [3.63, 3.8) is 0 Å². The molecule has 1 N–H and O–H groups in total. The van der Waals surface area contributed by atoms with Crippen molar-refractivity contribution < 1.29 is 5.11 Å². The van der Waals surface area contributed by atoms with Gasteiger partial charge in [-0.1, -0.05) is 60.8 Å². The summed E-state index contributed by atoms with van der Waals surface area (Å²) in [5, 5.41) is 11.5. The number of allylic oxidation sites excluding steroid dienone is 1. The Bertz CT molecular complexity index is 317. The summed E-state index contributed by atoms with van der Waals surface area (Å²) in [7, 11) is -1.72. The fourth-order valence-electron chi connectivity index (χ4n) is 1.62. The molecule has 15 heavy (non-hydrogen) atoms. The van der Waals surface area contributed by atoms with Gasteiger partial charge < -0.3 is 5.11 Å². The third-order valence-corrected chi connectivity index (χ3v) is 6.67. The molecule has 0 radical (unpaired) electrons. The predicted octanol–water partition coefficient (Wildman–Crippen LogP) is 2.47. The lowest BCUT2D eigenvalue weighted by molar-refractivity contribution is 0.249. The Morgan fingerprint density at radius 1 is 1.27 bits per heavy atom. The monoisotopic (exact) mass is 220 g/mol. The molecule has 0 aromatic heterocycles. The van der Waals surface area contributed by atoms with Crippen LogP contribution in [0.25, 0.3) is 0 Å². The molecule has 0 saturated carbocycles. The van der Waals surface area contributed by atoms with E-state index in [-0.39, 0.29) is 5.73 Å². The first-order chi connectivity index (χ1) is 7.09. The van der Waals surface area contributed by atoms with Crippen LogP contribution in [0.15, 0.2) is 42.5 Å². The number of aliphatic hydroxyl groups is 1. The molecule has 0 heterocycles. The zero-order chi connectivity index (χ0) is 11.3. The zero-order valence-corrected chi connectivity index (χ0v) is 10.8. The number of hydrogen-bond donors (Lipinski definition) is 1. The minimum atomic E-state index is -1.72. The molecular formula is C13H20OSi. The summed E-state index contributed by atoms with van der Waals surface area (Å²) in [4.78, 5) is 0. The number of benzene rings is 1. The molecule has 2 heteroatoms. The van der Waals surface area contributed by atoms with E-state index < -0.39 is 8.07 Å². The summed E-state index contributed by atoms with van der Waals surface area (Å²) < 4.78 is 0. The maximum Gasteiger partial charge on any atom is 0.113 e. The van der Waals surface area contributed by atoms with Gasteiger partial charge in [-0.05, 0) is 13.3 Å². The van der Waals surface area contributed by atoms with E-state index in [0.717, 1.165) is 6.42 Å². The average Bonchev–Trinajstić information content (AvgIpc) is 2.27. The van der Waals surface area contributed by atoms with Crippen LogP contribution in [0.1, 0.15) is 13.3 Å². The number of aliphatic hydroxyl groups excluding tert-OH is 1. The summed E-state index contributed by atoms with van der Waals surface area (Å²) in [6, 6.07) is 10.4. The zero-order valence-electron chi connectivity index (χ0n) is 9.77.